The van der Waals surface area contributed by atoms with Crippen LogP contribution in [0.15, 0.2) is 0 Å². The van der Waals surface area contributed by atoms with Crippen molar-refractivity contribution < 1.29 is 0 Å². The maximum absolute atomic E-state index is 5.92. The van der Waals surface area contributed by atoms with E-state index in [1.54, 1.807) is 0 Å². The molecule has 0 aliphatic carbocycles. The van der Waals surface area contributed by atoms with Crippen molar-refractivity contribution in [2.45, 2.75) is 57.7 Å². The number of likely N-dealkylation sites (tertiary alicyclic amines) is 2. The molecule has 0 bridgehead atoms. The van der Waals surface area contributed by atoms with Crippen molar-refractivity contribution in [3.63, 3.8) is 0 Å². The SMILES string of the molecule is CC(N)CC(C)N1CCC2C(CCCN2C)C1. The fourth-order valence-electron chi connectivity index (χ4n) is 3.77. The van der Waals surface area contributed by atoms with E-state index >= 15 is 0 Å². The van der Waals surface area contributed by atoms with E-state index in [0.29, 0.717) is 12.1 Å². The van der Waals surface area contributed by atoms with Gasteiger partial charge in [0, 0.05) is 24.7 Å². The topological polar surface area (TPSA) is 32.5 Å². The van der Waals surface area contributed by atoms with E-state index in [0.717, 1.165) is 18.4 Å². The van der Waals surface area contributed by atoms with E-state index in [2.05, 4.69) is 30.7 Å². The van der Waals surface area contributed by atoms with E-state index in [9.17, 15) is 0 Å². The highest BCUT2D eigenvalue weighted by molar-refractivity contribution is 4.90. The minimum atomic E-state index is 0.330. The van der Waals surface area contributed by atoms with Crippen molar-refractivity contribution in [1.29, 1.82) is 0 Å². The zero-order valence-corrected chi connectivity index (χ0v) is 11.7. The van der Waals surface area contributed by atoms with Crippen LogP contribution in [0, 0.1) is 5.92 Å². The molecule has 0 saturated carbocycles. The molecular formula is C14H29N3. The Morgan fingerprint density at radius 1 is 1.24 bits per heavy atom. The summed E-state index contributed by atoms with van der Waals surface area (Å²) in [7, 11) is 2.30. The van der Waals surface area contributed by atoms with Gasteiger partial charge in [-0.05, 0) is 65.6 Å². The van der Waals surface area contributed by atoms with Gasteiger partial charge in [0.1, 0.15) is 0 Å². The normalized spacial score (nSPS) is 35.3. The molecule has 4 atom stereocenters. The summed E-state index contributed by atoms with van der Waals surface area (Å²) in [4.78, 5) is 5.26. The molecule has 17 heavy (non-hydrogen) atoms. The summed E-state index contributed by atoms with van der Waals surface area (Å²) in [6.07, 6.45) is 5.29. The van der Waals surface area contributed by atoms with Crippen molar-refractivity contribution in [3.8, 4) is 0 Å². The quantitative estimate of drug-likeness (QED) is 0.810. The highest BCUT2D eigenvalue weighted by Crippen LogP contribution is 2.30. The maximum Gasteiger partial charge on any atom is 0.0145 e. The Labute approximate surface area is 106 Å². The molecule has 2 N–H and O–H groups in total. The fraction of sp³-hybridized carbons (Fsp3) is 1.00. The molecule has 2 rings (SSSR count). The van der Waals surface area contributed by atoms with Gasteiger partial charge in [0.05, 0.1) is 0 Å². The Bertz CT molecular complexity index is 242. The van der Waals surface area contributed by atoms with E-state index < -0.39 is 0 Å². The molecule has 0 aromatic carbocycles. The molecule has 100 valence electrons. The van der Waals surface area contributed by atoms with Crippen LogP contribution in [0.3, 0.4) is 0 Å². The molecular weight excluding hydrogens is 210 g/mol. The Morgan fingerprint density at radius 2 is 2.00 bits per heavy atom. The summed E-state index contributed by atoms with van der Waals surface area (Å²) in [6, 6.07) is 1.84. The van der Waals surface area contributed by atoms with Gasteiger partial charge in [-0.2, -0.15) is 0 Å². The molecule has 0 amide bonds. The molecule has 2 aliphatic rings. The van der Waals surface area contributed by atoms with Gasteiger partial charge in [-0.15, -0.1) is 0 Å². The average molecular weight is 239 g/mol. The Morgan fingerprint density at radius 3 is 2.71 bits per heavy atom. The lowest BCUT2D eigenvalue weighted by Crippen LogP contribution is -2.54. The lowest BCUT2D eigenvalue weighted by atomic mass is 9.83. The number of fused-ring (bicyclic) bond motifs is 1. The summed E-state index contributed by atoms with van der Waals surface area (Å²) in [5.74, 6) is 0.901. The van der Waals surface area contributed by atoms with Crippen LogP contribution in [-0.2, 0) is 0 Å². The lowest BCUT2D eigenvalue weighted by molar-refractivity contribution is 0.0209. The van der Waals surface area contributed by atoms with E-state index in [-0.39, 0.29) is 0 Å². The van der Waals surface area contributed by atoms with Gasteiger partial charge in [-0.25, -0.2) is 0 Å². The Hall–Kier alpha value is -0.120. The molecule has 0 spiro atoms. The minimum absolute atomic E-state index is 0.330. The first kappa shape index (κ1) is 13.3. The molecule has 3 heteroatoms. The van der Waals surface area contributed by atoms with Crippen LogP contribution in [0.1, 0.15) is 39.5 Å². The third-order valence-corrected chi connectivity index (χ3v) is 4.71. The van der Waals surface area contributed by atoms with Crippen LogP contribution < -0.4 is 5.73 Å². The number of rotatable bonds is 3. The summed E-state index contributed by atoms with van der Waals surface area (Å²) >= 11 is 0. The minimum Gasteiger partial charge on any atom is -0.328 e. The monoisotopic (exact) mass is 239 g/mol. The predicted octanol–water partition coefficient (Wildman–Crippen LogP) is 1.53. The second kappa shape index (κ2) is 5.68. The first-order valence-corrected chi connectivity index (χ1v) is 7.27. The predicted molar refractivity (Wildman–Crippen MR) is 73.1 cm³/mol. The molecule has 2 heterocycles. The number of piperidine rings is 2. The van der Waals surface area contributed by atoms with E-state index in [1.807, 2.05) is 0 Å². The largest absolute Gasteiger partial charge is 0.328 e. The Kier molecular flexibility index (Phi) is 4.45. The molecule has 3 nitrogen and oxygen atoms in total. The first-order chi connectivity index (χ1) is 8.08. The molecule has 4 unspecified atom stereocenters. The number of hydrogen-bond acceptors (Lipinski definition) is 3. The first-order valence-electron chi connectivity index (χ1n) is 7.27. The summed E-state index contributed by atoms with van der Waals surface area (Å²) in [5.41, 5.74) is 5.92. The Balaban J connectivity index is 1.88. The highest BCUT2D eigenvalue weighted by atomic mass is 15.2. The standard InChI is InChI=1S/C14H29N3/c1-11(15)9-12(2)17-8-6-14-13(10-17)5-4-7-16(14)3/h11-14H,4-10,15H2,1-3H3. The number of nitrogens with two attached hydrogens (primary N) is 1. The van der Waals surface area contributed by atoms with Crippen molar-refractivity contribution in [1.82, 2.24) is 9.80 Å². The van der Waals surface area contributed by atoms with Gasteiger partial charge < -0.3 is 15.5 Å². The van der Waals surface area contributed by atoms with Gasteiger partial charge in [0.2, 0.25) is 0 Å². The average Bonchev–Trinajstić information content (AvgIpc) is 2.28. The van der Waals surface area contributed by atoms with Gasteiger partial charge in [-0.1, -0.05) is 0 Å². The zero-order valence-electron chi connectivity index (χ0n) is 11.7. The molecule has 2 saturated heterocycles. The fourth-order valence-corrected chi connectivity index (χ4v) is 3.77. The van der Waals surface area contributed by atoms with Crippen LogP contribution in [0.5, 0.6) is 0 Å². The summed E-state index contributed by atoms with van der Waals surface area (Å²) in [6.45, 7) is 8.33. The van der Waals surface area contributed by atoms with Crippen molar-refractivity contribution in [2.24, 2.45) is 11.7 Å². The van der Waals surface area contributed by atoms with E-state index in [4.69, 9.17) is 5.73 Å². The van der Waals surface area contributed by atoms with Gasteiger partial charge >= 0.3 is 0 Å². The molecule has 0 aromatic heterocycles. The van der Waals surface area contributed by atoms with Crippen LogP contribution in [0.2, 0.25) is 0 Å². The second-order valence-electron chi connectivity index (χ2n) is 6.30. The number of hydrogen-bond donors (Lipinski definition) is 1. The van der Waals surface area contributed by atoms with E-state index in [1.165, 1.54) is 38.9 Å². The lowest BCUT2D eigenvalue weighted by Gasteiger charge is -2.47. The van der Waals surface area contributed by atoms with Gasteiger partial charge in [0.25, 0.3) is 0 Å². The van der Waals surface area contributed by atoms with Crippen LogP contribution >= 0.6 is 0 Å². The summed E-state index contributed by atoms with van der Waals surface area (Å²) < 4.78 is 0. The van der Waals surface area contributed by atoms with Crippen molar-refractivity contribution in [2.75, 3.05) is 26.7 Å². The molecule has 0 aromatic rings. The van der Waals surface area contributed by atoms with Gasteiger partial charge in [-0.3, -0.25) is 0 Å². The number of nitrogens with zero attached hydrogens (tertiary/aromatic N) is 2. The zero-order chi connectivity index (χ0) is 12.4. The van der Waals surface area contributed by atoms with Crippen molar-refractivity contribution in [3.05, 3.63) is 0 Å². The smallest absolute Gasteiger partial charge is 0.0145 e. The summed E-state index contributed by atoms with van der Waals surface area (Å²) in [5, 5.41) is 0. The van der Waals surface area contributed by atoms with Crippen molar-refractivity contribution >= 4 is 0 Å². The molecule has 2 fully saturated rings. The maximum atomic E-state index is 5.92. The van der Waals surface area contributed by atoms with Crippen LogP contribution in [0.25, 0.3) is 0 Å². The van der Waals surface area contributed by atoms with Crippen LogP contribution in [0.4, 0.5) is 0 Å². The van der Waals surface area contributed by atoms with Gasteiger partial charge in [0.15, 0.2) is 0 Å². The molecule has 0 radical (unpaired) electrons. The van der Waals surface area contributed by atoms with Crippen LogP contribution in [-0.4, -0.2) is 54.6 Å². The highest BCUT2D eigenvalue weighted by Gasteiger charge is 2.35. The third-order valence-electron chi connectivity index (χ3n) is 4.71. The third kappa shape index (κ3) is 3.21. The second-order valence-corrected chi connectivity index (χ2v) is 6.30. The molecule has 2 aliphatic heterocycles.